The Balaban J connectivity index is 1.58. The predicted molar refractivity (Wildman–Crippen MR) is 110 cm³/mol. The number of rotatable bonds is 7. The first-order valence-electron chi connectivity index (χ1n) is 10.5. The number of piperidine rings is 2. The summed E-state index contributed by atoms with van der Waals surface area (Å²) in [4.78, 5) is 37.7. The molecule has 2 aliphatic heterocycles. The number of anilines is 1. The number of amides is 2. The molecule has 0 spiro atoms. The average Bonchev–Trinajstić information content (AvgIpc) is 2.75. The first-order valence-corrected chi connectivity index (χ1v) is 10.5. The molecule has 2 heterocycles. The van der Waals surface area contributed by atoms with Crippen LogP contribution in [-0.2, 0) is 9.59 Å². The number of ether oxygens (including phenoxy) is 1. The molecular formula is C20H31N5O5+2. The van der Waals surface area contributed by atoms with E-state index < -0.39 is 10.5 Å². The number of likely N-dealkylation sites (tertiary alicyclic amines) is 2. The van der Waals surface area contributed by atoms with E-state index >= 15 is 0 Å². The van der Waals surface area contributed by atoms with Crippen LogP contribution in [-0.4, -0.2) is 62.1 Å². The molecule has 0 bridgehead atoms. The summed E-state index contributed by atoms with van der Waals surface area (Å²) in [5, 5.41) is 13.7. The molecule has 0 aliphatic carbocycles. The Morgan fingerprint density at radius 1 is 1.20 bits per heavy atom. The largest absolute Gasteiger partial charge is 0.494 e. The maximum atomic E-state index is 12.5. The van der Waals surface area contributed by atoms with E-state index in [4.69, 9.17) is 10.5 Å². The fourth-order valence-electron chi connectivity index (χ4n) is 4.76. The van der Waals surface area contributed by atoms with Crippen molar-refractivity contribution in [1.82, 2.24) is 0 Å². The maximum absolute atomic E-state index is 12.5. The zero-order chi connectivity index (χ0) is 21.7. The number of quaternary nitrogens is 2. The number of hydrogen-bond acceptors (Lipinski definition) is 5. The highest BCUT2D eigenvalue weighted by atomic mass is 16.6. The molecule has 1 aromatic carbocycles. The minimum atomic E-state index is -0.513. The lowest BCUT2D eigenvalue weighted by atomic mass is 9.83. The van der Waals surface area contributed by atoms with Gasteiger partial charge in [0.15, 0.2) is 12.1 Å². The van der Waals surface area contributed by atoms with Gasteiger partial charge in [0.05, 0.1) is 62.8 Å². The number of nitro benzene ring substituents is 1. The zero-order valence-corrected chi connectivity index (χ0v) is 17.4. The van der Waals surface area contributed by atoms with Crippen molar-refractivity contribution in [2.45, 2.75) is 37.6 Å². The van der Waals surface area contributed by atoms with Gasteiger partial charge in [-0.15, -0.1) is 0 Å². The number of methoxy groups -OCH3 is 1. The summed E-state index contributed by atoms with van der Waals surface area (Å²) in [5.74, 6) is -0.180. The van der Waals surface area contributed by atoms with Crippen molar-refractivity contribution in [3.05, 3.63) is 28.3 Å². The lowest BCUT2D eigenvalue weighted by molar-refractivity contribution is -0.972. The second-order valence-electron chi connectivity index (χ2n) is 8.23. The zero-order valence-electron chi connectivity index (χ0n) is 17.4. The van der Waals surface area contributed by atoms with Crippen LogP contribution in [0.25, 0.3) is 0 Å². The highest BCUT2D eigenvalue weighted by Gasteiger charge is 2.50. The fourth-order valence-corrected chi connectivity index (χ4v) is 4.76. The van der Waals surface area contributed by atoms with E-state index in [0.717, 1.165) is 30.8 Å². The summed E-state index contributed by atoms with van der Waals surface area (Å²) in [7, 11) is 1.40. The van der Waals surface area contributed by atoms with Gasteiger partial charge in [0.1, 0.15) is 5.75 Å². The van der Waals surface area contributed by atoms with Gasteiger partial charge in [-0.25, -0.2) is 0 Å². The lowest BCUT2D eigenvalue weighted by Crippen LogP contribution is -3.26. The number of benzene rings is 1. The van der Waals surface area contributed by atoms with Crippen molar-refractivity contribution in [1.29, 1.82) is 0 Å². The van der Waals surface area contributed by atoms with E-state index in [2.05, 4.69) is 5.32 Å². The van der Waals surface area contributed by atoms with E-state index in [-0.39, 0.29) is 29.8 Å². The Bertz CT molecular complexity index is 801. The van der Waals surface area contributed by atoms with Gasteiger partial charge in [-0.1, -0.05) is 0 Å². The Morgan fingerprint density at radius 2 is 1.87 bits per heavy atom. The minimum Gasteiger partial charge on any atom is -0.494 e. The number of nitrogens with one attached hydrogen (secondary N) is 3. The van der Waals surface area contributed by atoms with E-state index in [1.807, 2.05) is 0 Å². The van der Waals surface area contributed by atoms with Crippen molar-refractivity contribution >= 4 is 23.2 Å². The first-order chi connectivity index (χ1) is 14.4. The van der Waals surface area contributed by atoms with Crippen LogP contribution in [0.4, 0.5) is 11.4 Å². The Morgan fingerprint density at radius 3 is 2.43 bits per heavy atom. The highest BCUT2D eigenvalue weighted by molar-refractivity contribution is 5.93. The van der Waals surface area contributed by atoms with E-state index in [9.17, 15) is 19.7 Å². The average molecular weight is 421 g/mol. The van der Waals surface area contributed by atoms with Crippen LogP contribution in [0.1, 0.15) is 32.1 Å². The van der Waals surface area contributed by atoms with Gasteiger partial charge in [-0.3, -0.25) is 19.7 Å². The fraction of sp³-hybridized carbons (Fsp3) is 0.600. The summed E-state index contributed by atoms with van der Waals surface area (Å²) in [6.45, 7) is 3.64. The van der Waals surface area contributed by atoms with Gasteiger partial charge >= 0.3 is 0 Å². The first kappa shape index (κ1) is 22.0. The summed E-state index contributed by atoms with van der Waals surface area (Å²) < 4.78 is 5.17. The van der Waals surface area contributed by atoms with Crippen LogP contribution < -0.4 is 25.6 Å². The van der Waals surface area contributed by atoms with Gasteiger partial charge in [0.2, 0.25) is 0 Å². The molecule has 3 rings (SSSR count). The number of carbonyl (C=O) groups is 2. The number of primary amides is 1. The van der Waals surface area contributed by atoms with Gasteiger partial charge in [0.25, 0.3) is 17.5 Å². The standard InChI is InChI=1S/C20H29N5O5/c1-30-17-13-15(25(28)29)5-6-16(17)22-18(26)14-23-11-7-20(8-12-23,19(21)27)24-9-3-2-4-10-24/h5-6,13H,2-4,7-12,14H2,1H3,(H2,21,27)(H,22,26)/p+2. The van der Waals surface area contributed by atoms with E-state index in [1.54, 1.807) is 0 Å². The van der Waals surface area contributed by atoms with Crippen molar-refractivity contribution in [2.24, 2.45) is 5.73 Å². The molecule has 2 fully saturated rings. The molecule has 2 amide bonds. The molecule has 30 heavy (non-hydrogen) atoms. The van der Waals surface area contributed by atoms with Crippen molar-refractivity contribution in [3.63, 3.8) is 0 Å². The number of nitro groups is 1. The minimum absolute atomic E-state index is 0.102. The number of nitrogens with two attached hydrogens (primary N) is 1. The topological polar surface area (TPSA) is 133 Å². The number of hydrogen-bond donors (Lipinski definition) is 4. The van der Waals surface area contributed by atoms with E-state index in [1.165, 1.54) is 36.6 Å². The van der Waals surface area contributed by atoms with E-state index in [0.29, 0.717) is 31.6 Å². The molecular weight excluding hydrogens is 390 g/mol. The van der Waals surface area contributed by atoms with Crippen LogP contribution in [0.3, 0.4) is 0 Å². The second kappa shape index (κ2) is 9.40. The van der Waals surface area contributed by atoms with Crippen LogP contribution in [0.15, 0.2) is 18.2 Å². The van der Waals surface area contributed by atoms with Crippen LogP contribution in [0.5, 0.6) is 5.75 Å². The van der Waals surface area contributed by atoms with Crippen molar-refractivity contribution in [2.75, 3.05) is 45.2 Å². The van der Waals surface area contributed by atoms with Crippen molar-refractivity contribution < 1.29 is 29.0 Å². The molecule has 2 saturated heterocycles. The summed E-state index contributed by atoms with van der Waals surface area (Å²) >= 11 is 0. The van der Waals surface area contributed by atoms with Gasteiger partial charge in [0, 0.05) is 6.07 Å². The highest BCUT2D eigenvalue weighted by Crippen LogP contribution is 2.28. The predicted octanol–water partition coefficient (Wildman–Crippen LogP) is -1.49. The SMILES string of the molecule is COc1cc([N+](=O)[O-])ccc1NC(=O)C[NH+]1CCC(C(N)=O)([NH+]2CCCCC2)CC1. The monoisotopic (exact) mass is 421 g/mol. The molecule has 10 nitrogen and oxygen atoms in total. The Kier molecular flexibility index (Phi) is 6.88. The van der Waals surface area contributed by atoms with Crippen LogP contribution >= 0.6 is 0 Å². The van der Waals surface area contributed by atoms with Crippen LogP contribution in [0.2, 0.25) is 0 Å². The third kappa shape index (κ3) is 4.71. The number of non-ortho nitro benzene ring substituents is 1. The third-order valence-electron chi connectivity index (χ3n) is 6.50. The number of carbonyl (C=O) groups excluding carboxylic acids is 2. The molecule has 2 aliphatic rings. The third-order valence-corrected chi connectivity index (χ3v) is 6.50. The summed E-state index contributed by atoms with van der Waals surface area (Å²) in [5.41, 5.74) is 5.62. The Hall–Kier alpha value is -2.72. The molecule has 0 atom stereocenters. The van der Waals surface area contributed by atoms with Gasteiger partial charge < -0.3 is 25.6 Å². The molecule has 1 aromatic rings. The summed E-state index contributed by atoms with van der Waals surface area (Å²) in [6, 6.07) is 4.08. The van der Waals surface area contributed by atoms with Gasteiger partial charge in [-0.05, 0) is 25.3 Å². The second-order valence-corrected chi connectivity index (χ2v) is 8.23. The molecule has 5 N–H and O–H groups in total. The van der Waals surface area contributed by atoms with Crippen molar-refractivity contribution in [3.8, 4) is 5.75 Å². The normalized spacial score (nSPS) is 24.8. The molecule has 164 valence electrons. The Labute approximate surface area is 175 Å². The molecule has 0 aromatic heterocycles. The maximum Gasteiger partial charge on any atom is 0.279 e. The molecule has 0 radical (unpaired) electrons. The molecule has 10 heteroatoms. The van der Waals surface area contributed by atoms with Crippen LogP contribution in [0, 0.1) is 10.1 Å². The quantitative estimate of drug-likeness (QED) is 0.315. The molecule has 0 saturated carbocycles. The summed E-state index contributed by atoms with van der Waals surface area (Å²) in [6.07, 6.45) is 4.82. The smallest absolute Gasteiger partial charge is 0.279 e. The lowest BCUT2D eigenvalue weighted by Gasteiger charge is -2.43. The van der Waals surface area contributed by atoms with Gasteiger partial charge in [-0.2, -0.15) is 0 Å². The molecule has 0 unspecified atom stereocenters. The number of nitrogens with zero attached hydrogens (tertiary/aromatic N) is 1.